The van der Waals surface area contributed by atoms with Crippen molar-refractivity contribution in [1.82, 2.24) is 4.98 Å². The molecule has 3 nitrogen and oxygen atoms in total. The summed E-state index contributed by atoms with van der Waals surface area (Å²) >= 11 is 0. The molecule has 106 valence electrons. The molecule has 1 aromatic carbocycles. The predicted octanol–water partition coefficient (Wildman–Crippen LogP) is 4.10. The van der Waals surface area contributed by atoms with E-state index in [0.29, 0.717) is 12.5 Å². The van der Waals surface area contributed by atoms with Crippen LogP contribution in [0.2, 0.25) is 0 Å². The molecule has 0 saturated carbocycles. The van der Waals surface area contributed by atoms with Crippen molar-refractivity contribution in [3.05, 3.63) is 53.3 Å². The maximum Gasteiger partial charge on any atom is 0.144 e. The highest BCUT2D eigenvalue weighted by Crippen LogP contribution is 2.29. The van der Waals surface area contributed by atoms with E-state index in [0.717, 1.165) is 22.8 Å². The zero-order valence-corrected chi connectivity index (χ0v) is 12.5. The first-order chi connectivity index (χ1) is 9.61. The molecule has 0 unspecified atom stereocenters. The van der Waals surface area contributed by atoms with E-state index in [1.54, 1.807) is 7.11 Å². The lowest BCUT2D eigenvalue weighted by atomic mass is 10.0. The monoisotopic (exact) mass is 271 g/mol. The third-order valence-electron chi connectivity index (χ3n) is 3.25. The number of hydrogen-bond acceptors (Lipinski definition) is 3. The van der Waals surface area contributed by atoms with E-state index < -0.39 is 0 Å². The summed E-state index contributed by atoms with van der Waals surface area (Å²) in [5.41, 5.74) is 3.21. The second-order valence-electron chi connectivity index (χ2n) is 5.11. The molecule has 0 aliphatic heterocycles. The molecule has 0 saturated heterocycles. The van der Waals surface area contributed by atoms with Gasteiger partial charge in [0.15, 0.2) is 0 Å². The van der Waals surface area contributed by atoms with Gasteiger partial charge in [-0.2, -0.15) is 0 Å². The van der Waals surface area contributed by atoms with E-state index in [9.17, 15) is 0 Å². The van der Waals surface area contributed by atoms with Crippen molar-refractivity contribution in [2.75, 3.05) is 7.11 Å². The summed E-state index contributed by atoms with van der Waals surface area (Å²) in [6.45, 7) is 6.82. The average molecular weight is 271 g/mol. The quantitative estimate of drug-likeness (QED) is 0.820. The van der Waals surface area contributed by atoms with E-state index >= 15 is 0 Å². The Morgan fingerprint density at radius 2 is 2.00 bits per heavy atom. The SMILES string of the molecule is COc1cccc(COc2c(C(C)C)ccnc2C)c1. The van der Waals surface area contributed by atoms with E-state index in [2.05, 4.69) is 18.8 Å². The Hall–Kier alpha value is -2.03. The van der Waals surface area contributed by atoms with Gasteiger partial charge in [0, 0.05) is 11.8 Å². The predicted molar refractivity (Wildman–Crippen MR) is 80.4 cm³/mol. The third-order valence-corrected chi connectivity index (χ3v) is 3.25. The topological polar surface area (TPSA) is 31.4 Å². The molecule has 0 amide bonds. The normalized spacial score (nSPS) is 10.7. The summed E-state index contributed by atoms with van der Waals surface area (Å²) < 4.78 is 11.2. The Labute approximate surface area is 120 Å². The molecule has 2 rings (SSSR count). The van der Waals surface area contributed by atoms with Crippen LogP contribution in [0.1, 0.15) is 36.6 Å². The van der Waals surface area contributed by atoms with E-state index in [4.69, 9.17) is 9.47 Å². The van der Waals surface area contributed by atoms with Crippen LogP contribution in [0.15, 0.2) is 36.5 Å². The molecule has 0 aliphatic carbocycles. The summed E-state index contributed by atoms with van der Waals surface area (Å²) in [6, 6.07) is 9.94. The number of benzene rings is 1. The van der Waals surface area contributed by atoms with Crippen LogP contribution in [0.5, 0.6) is 11.5 Å². The number of aryl methyl sites for hydroxylation is 1. The number of ether oxygens (including phenoxy) is 2. The van der Waals surface area contributed by atoms with Crippen LogP contribution in [-0.2, 0) is 6.61 Å². The number of pyridine rings is 1. The number of methoxy groups -OCH3 is 1. The minimum Gasteiger partial charge on any atom is -0.497 e. The van der Waals surface area contributed by atoms with Gasteiger partial charge in [-0.25, -0.2) is 0 Å². The van der Waals surface area contributed by atoms with Crippen LogP contribution in [0.3, 0.4) is 0 Å². The summed E-state index contributed by atoms with van der Waals surface area (Å²) in [5.74, 6) is 2.15. The molecule has 0 N–H and O–H groups in total. The summed E-state index contributed by atoms with van der Waals surface area (Å²) in [7, 11) is 1.67. The van der Waals surface area contributed by atoms with Crippen molar-refractivity contribution in [3.63, 3.8) is 0 Å². The Morgan fingerprint density at radius 3 is 2.70 bits per heavy atom. The van der Waals surface area contributed by atoms with Gasteiger partial charge >= 0.3 is 0 Å². The van der Waals surface area contributed by atoms with Gasteiger partial charge in [-0.05, 0) is 36.6 Å². The first-order valence-electron chi connectivity index (χ1n) is 6.83. The Kier molecular flexibility index (Phi) is 4.61. The van der Waals surface area contributed by atoms with Gasteiger partial charge in [-0.15, -0.1) is 0 Å². The van der Waals surface area contributed by atoms with Crippen LogP contribution in [0.25, 0.3) is 0 Å². The van der Waals surface area contributed by atoms with Crippen molar-refractivity contribution in [1.29, 1.82) is 0 Å². The Balaban J connectivity index is 2.18. The minimum atomic E-state index is 0.414. The molecule has 1 aromatic heterocycles. The van der Waals surface area contributed by atoms with Crippen molar-refractivity contribution in [2.24, 2.45) is 0 Å². The summed E-state index contributed by atoms with van der Waals surface area (Å²) in [5, 5.41) is 0. The summed E-state index contributed by atoms with van der Waals surface area (Å²) in [6.07, 6.45) is 1.84. The molecule has 20 heavy (non-hydrogen) atoms. The molecule has 0 spiro atoms. The molecule has 2 aromatic rings. The molecule has 0 fully saturated rings. The molecule has 3 heteroatoms. The van der Waals surface area contributed by atoms with Crippen LogP contribution >= 0.6 is 0 Å². The van der Waals surface area contributed by atoms with Crippen molar-refractivity contribution in [2.45, 2.75) is 33.3 Å². The molecule has 0 aliphatic rings. The van der Waals surface area contributed by atoms with Crippen LogP contribution in [0, 0.1) is 6.92 Å². The Bertz CT molecular complexity index is 579. The molecule has 1 heterocycles. The van der Waals surface area contributed by atoms with E-state index in [-0.39, 0.29) is 0 Å². The highest BCUT2D eigenvalue weighted by molar-refractivity contribution is 5.38. The standard InChI is InChI=1S/C17H21NO2/c1-12(2)16-8-9-18-13(3)17(16)20-11-14-6-5-7-15(10-14)19-4/h5-10,12H,11H2,1-4H3. The highest BCUT2D eigenvalue weighted by Gasteiger charge is 2.11. The van der Waals surface area contributed by atoms with E-state index in [1.807, 2.05) is 43.5 Å². The third kappa shape index (κ3) is 3.29. The lowest BCUT2D eigenvalue weighted by Gasteiger charge is -2.16. The van der Waals surface area contributed by atoms with Crippen LogP contribution < -0.4 is 9.47 Å². The number of aromatic nitrogens is 1. The molecule has 0 atom stereocenters. The first-order valence-corrected chi connectivity index (χ1v) is 6.83. The van der Waals surface area contributed by atoms with Crippen LogP contribution in [-0.4, -0.2) is 12.1 Å². The lowest BCUT2D eigenvalue weighted by Crippen LogP contribution is -2.03. The number of nitrogens with zero attached hydrogens (tertiary/aromatic N) is 1. The fourth-order valence-corrected chi connectivity index (χ4v) is 2.13. The first kappa shape index (κ1) is 14.4. The highest BCUT2D eigenvalue weighted by atomic mass is 16.5. The number of rotatable bonds is 5. The van der Waals surface area contributed by atoms with Crippen molar-refractivity contribution in [3.8, 4) is 11.5 Å². The van der Waals surface area contributed by atoms with E-state index in [1.165, 1.54) is 5.56 Å². The van der Waals surface area contributed by atoms with Crippen molar-refractivity contribution < 1.29 is 9.47 Å². The molecular weight excluding hydrogens is 250 g/mol. The zero-order chi connectivity index (χ0) is 14.5. The van der Waals surface area contributed by atoms with Gasteiger partial charge in [0.2, 0.25) is 0 Å². The smallest absolute Gasteiger partial charge is 0.144 e. The van der Waals surface area contributed by atoms with Gasteiger partial charge in [-0.1, -0.05) is 26.0 Å². The van der Waals surface area contributed by atoms with Gasteiger partial charge in [0.05, 0.1) is 12.8 Å². The second-order valence-corrected chi connectivity index (χ2v) is 5.11. The summed E-state index contributed by atoms with van der Waals surface area (Å²) in [4.78, 5) is 4.32. The van der Waals surface area contributed by atoms with Gasteiger partial charge < -0.3 is 9.47 Å². The Morgan fingerprint density at radius 1 is 1.20 bits per heavy atom. The fourth-order valence-electron chi connectivity index (χ4n) is 2.13. The molecular formula is C17H21NO2. The molecule has 0 radical (unpaired) electrons. The van der Waals surface area contributed by atoms with Gasteiger partial charge in [0.1, 0.15) is 18.1 Å². The van der Waals surface area contributed by atoms with Crippen molar-refractivity contribution >= 4 is 0 Å². The maximum atomic E-state index is 6.00. The second kappa shape index (κ2) is 6.42. The maximum absolute atomic E-state index is 6.00. The minimum absolute atomic E-state index is 0.414. The number of hydrogen-bond donors (Lipinski definition) is 0. The zero-order valence-electron chi connectivity index (χ0n) is 12.5. The average Bonchev–Trinajstić information content (AvgIpc) is 2.45. The van der Waals surface area contributed by atoms with Crippen LogP contribution in [0.4, 0.5) is 0 Å². The largest absolute Gasteiger partial charge is 0.497 e. The fraction of sp³-hybridized carbons (Fsp3) is 0.353. The van der Waals surface area contributed by atoms with Gasteiger partial charge in [0.25, 0.3) is 0 Å². The van der Waals surface area contributed by atoms with Gasteiger partial charge in [-0.3, -0.25) is 4.98 Å². The molecule has 0 bridgehead atoms. The lowest BCUT2D eigenvalue weighted by molar-refractivity contribution is 0.297.